The minimum absolute atomic E-state index is 1.18. The summed E-state index contributed by atoms with van der Waals surface area (Å²) in [5.74, 6) is 0. The molecule has 1 aliphatic rings. The fraction of sp³-hybridized carbons (Fsp3) is 0.778. The number of quaternary nitrogens is 1. The van der Waals surface area contributed by atoms with Crippen LogP contribution in [0.2, 0.25) is 0 Å². The van der Waals surface area contributed by atoms with Crippen molar-refractivity contribution in [3.63, 3.8) is 0 Å². The van der Waals surface area contributed by atoms with Crippen LogP contribution in [0.4, 0.5) is 0 Å². The van der Waals surface area contributed by atoms with E-state index in [0.717, 1.165) is 0 Å². The lowest BCUT2D eigenvalue weighted by Gasteiger charge is -2.15. The number of hydrogen-bond acceptors (Lipinski definition) is 1. The molecule has 0 fully saturated rings. The van der Waals surface area contributed by atoms with E-state index in [1.807, 2.05) is 0 Å². The third-order valence-electron chi connectivity index (χ3n) is 2.01. The third kappa shape index (κ3) is 2.54. The highest BCUT2D eigenvalue weighted by molar-refractivity contribution is 4.77. The lowest BCUT2D eigenvalue weighted by molar-refractivity contribution is -0.849. The van der Waals surface area contributed by atoms with Crippen molar-refractivity contribution < 1.29 is 4.90 Å². The Kier molecular flexibility index (Phi) is 3.43. The summed E-state index contributed by atoms with van der Waals surface area (Å²) < 4.78 is 0. The molecule has 0 saturated carbocycles. The van der Waals surface area contributed by atoms with Crippen LogP contribution in [0.15, 0.2) is 12.4 Å². The Bertz CT molecular complexity index is 118. The molecule has 2 heteroatoms. The Morgan fingerprint density at radius 1 is 1.36 bits per heavy atom. The van der Waals surface area contributed by atoms with Crippen molar-refractivity contribution in [1.29, 1.82) is 0 Å². The molecule has 1 unspecified atom stereocenters. The van der Waals surface area contributed by atoms with E-state index in [0.29, 0.717) is 0 Å². The standard InChI is InChI=1S/C9H18N2/c1-3-5-10-7-8-11(9-10)6-4-2/h7-8H,3-6,9H2,1-2H3/p+1. The van der Waals surface area contributed by atoms with Gasteiger partial charge in [0.05, 0.1) is 12.7 Å². The van der Waals surface area contributed by atoms with Crippen molar-refractivity contribution >= 4 is 0 Å². The number of nitrogens with one attached hydrogen (secondary N) is 1. The van der Waals surface area contributed by atoms with Crippen molar-refractivity contribution in [2.24, 2.45) is 0 Å². The Morgan fingerprint density at radius 3 is 2.82 bits per heavy atom. The van der Waals surface area contributed by atoms with E-state index in [9.17, 15) is 0 Å². The lowest BCUT2D eigenvalue weighted by Crippen LogP contribution is -3.07. The molecule has 1 aliphatic heterocycles. The van der Waals surface area contributed by atoms with Crippen LogP contribution in [-0.4, -0.2) is 24.7 Å². The maximum Gasteiger partial charge on any atom is 0.156 e. The molecule has 1 heterocycles. The maximum atomic E-state index is 2.39. The second-order valence-electron chi connectivity index (χ2n) is 3.19. The first-order valence-electron chi connectivity index (χ1n) is 4.63. The minimum Gasteiger partial charge on any atom is -0.326 e. The number of nitrogens with zero attached hydrogens (tertiary/aromatic N) is 1. The molecular weight excluding hydrogens is 136 g/mol. The van der Waals surface area contributed by atoms with E-state index in [1.165, 1.54) is 32.6 Å². The summed E-state index contributed by atoms with van der Waals surface area (Å²) in [6, 6.07) is 0. The van der Waals surface area contributed by atoms with E-state index in [4.69, 9.17) is 0 Å². The molecule has 1 atom stereocenters. The van der Waals surface area contributed by atoms with Crippen LogP contribution in [0.25, 0.3) is 0 Å². The molecule has 0 aliphatic carbocycles. The molecule has 0 amide bonds. The van der Waals surface area contributed by atoms with Crippen molar-refractivity contribution in [2.75, 3.05) is 19.8 Å². The number of hydrogen-bond donors (Lipinski definition) is 1. The normalized spacial score (nSPS) is 23.1. The van der Waals surface area contributed by atoms with Gasteiger partial charge in [-0.2, -0.15) is 0 Å². The second-order valence-corrected chi connectivity index (χ2v) is 3.19. The van der Waals surface area contributed by atoms with Crippen LogP contribution in [0, 0.1) is 0 Å². The largest absolute Gasteiger partial charge is 0.326 e. The van der Waals surface area contributed by atoms with Gasteiger partial charge in [0.15, 0.2) is 6.67 Å². The van der Waals surface area contributed by atoms with Gasteiger partial charge in [-0.25, -0.2) is 0 Å². The maximum absolute atomic E-state index is 2.39. The van der Waals surface area contributed by atoms with Crippen molar-refractivity contribution in [2.45, 2.75) is 26.7 Å². The molecular formula is C9H19N2+. The summed E-state index contributed by atoms with van der Waals surface area (Å²) in [6.07, 6.45) is 7.04. The predicted molar refractivity (Wildman–Crippen MR) is 47.1 cm³/mol. The van der Waals surface area contributed by atoms with Gasteiger partial charge in [0.2, 0.25) is 0 Å². The molecule has 0 radical (unpaired) electrons. The average Bonchev–Trinajstić information content (AvgIpc) is 2.38. The van der Waals surface area contributed by atoms with Crippen LogP contribution in [-0.2, 0) is 0 Å². The summed E-state index contributed by atoms with van der Waals surface area (Å²) in [6.45, 7) is 8.14. The van der Waals surface area contributed by atoms with Crippen molar-refractivity contribution in [1.82, 2.24) is 4.90 Å². The first-order valence-corrected chi connectivity index (χ1v) is 4.63. The van der Waals surface area contributed by atoms with Gasteiger partial charge in [-0.15, -0.1) is 0 Å². The monoisotopic (exact) mass is 155 g/mol. The molecule has 0 aromatic rings. The zero-order valence-electron chi connectivity index (χ0n) is 7.64. The van der Waals surface area contributed by atoms with E-state index in [1.54, 1.807) is 4.90 Å². The molecule has 0 bridgehead atoms. The van der Waals surface area contributed by atoms with Crippen LogP contribution < -0.4 is 4.90 Å². The minimum atomic E-state index is 1.18. The Balaban J connectivity index is 2.19. The number of rotatable bonds is 4. The fourth-order valence-electron chi connectivity index (χ4n) is 1.50. The van der Waals surface area contributed by atoms with Crippen LogP contribution in [0.3, 0.4) is 0 Å². The van der Waals surface area contributed by atoms with Crippen molar-refractivity contribution in [3.05, 3.63) is 12.4 Å². The van der Waals surface area contributed by atoms with Gasteiger partial charge in [-0.3, -0.25) is 4.90 Å². The Hall–Kier alpha value is -0.500. The first-order chi connectivity index (χ1) is 5.36. The molecule has 0 aromatic heterocycles. The van der Waals surface area contributed by atoms with Gasteiger partial charge in [0.1, 0.15) is 6.20 Å². The molecule has 0 saturated heterocycles. The Morgan fingerprint density at radius 2 is 2.18 bits per heavy atom. The first kappa shape index (κ1) is 8.60. The SMILES string of the molecule is CCCN1C=C[NH+](CCC)C1. The van der Waals surface area contributed by atoms with Gasteiger partial charge in [0.25, 0.3) is 0 Å². The molecule has 64 valence electrons. The highest BCUT2D eigenvalue weighted by Crippen LogP contribution is 1.91. The highest BCUT2D eigenvalue weighted by atomic mass is 15.3. The quantitative estimate of drug-likeness (QED) is 0.619. The highest BCUT2D eigenvalue weighted by Gasteiger charge is 2.13. The van der Waals surface area contributed by atoms with Crippen LogP contribution in [0.5, 0.6) is 0 Å². The van der Waals surface area contributed by atoms with Crippen LogP contribution in [0.1, 0.15) is 26.7 Å². The summed E-state index contributed by atoms with van der Waals surface area (Å²) in [5, 5.41) is 0. The summed E-state index contributed by atoms with van der Waals surface area (Å²) in [5.41, 5.74) is 0. The molecule has 11 heavy (non-hydrogen) atoms. The summed E-state index contributed by atoms with van der Waals surface area (Å²) in [7, 11) is 0. The molecule has 0 spiro atoms. The molecule has 1 N–H and O–H groups in total. The topological polar surface area (TPSA) is 7.68 Å². The van der Waals surface area contributed by atoms with Gasteiger partial charge in [0, 0.05) is 6.54 Å². The van der Waals surface area contributed by atoms with E-state index in [2.05, 4.69) is 31.1 Å². The van der Waals surface area contributed by atoms with Gasteiger partial charge in [-0.05, 0) is 12.8 Å². The van der Waals surface area contributed by atoms with E-state index in [-0.39, 0.29) is 0 Å². The third-order valence-corrected chi connectivity index (χ3v) is 2.01. The Labute approximate surface area is 69.5 Å². The molecule has 1 rings (SSSR count). The molecule has 2 nitrogen and oxygen atoms in total. The molecule has 0 aromatic carbocycles. The summed E-state index contributed by atoms with van der Waals surface area (Å²) in [4.78, 5) is 3.99. The predicted octanol–water partition coefficient (Wildman–Crippen LogP) is 0.436. The van der Waals surface area contributed by atoms with Crippen molar-refractivity contribution in [3.8, 4) is 0 Å². The fourth-order valence-corrected chi connectivity index (χ4v) is 1.50. The average molecular weight is 155 g/mol. The van der Waals surface area contributed by atoms with Gasteiger partial charge < -0.3 is 4.90 Å². The second kappa shape index (κ2) is 4.39. The summed E-state index contributed by atoms with van der Waals surface area (Å²) >= 11 is 0. The zero-order valence-corrected chi connectivity index (χ0v) is 7.64. The zero-order chi connectivity index (χ0) is 8.10. The lowest BCUT2D eigenvalue weighted by atomic mass is 10.4. The van der Waals surface area contributed by atoms with Crippen LogP contribution >= 0.6 is 0 Å². The smallest absolute Gasteiger partial charge is 0.156 e. The van der Waals surface area contributed by atoms with Gasteiger partial charge in [-0.1, -0.05) is 13.8 Å². The van der Waals surface area contributed by atoms with E-state index >= 15 is 0 Å². The van der Waals surface area contributed by atoms with E-state index < -0.39 is 0 Å². The van der Waals surface area contributed by atoms with Gasteiger partial charge >= 0.3 is 0 Å².